The summed E-state index contributed by atoms with van der Waals surface area (Å²) in [5.74, 6) is -1.31. The molecule has 34 heavy (non-hydrogen) atoms. The lowest BCUT2D eigenvalue weighted by molar-refractivity contribution is -0.139. The zero-order valence-corrected chi connectivity index (χ0v) is 18.7. The first-order valence-corrected chi connectivity index (χ1v) is 10.4. The second-order valence-electron chi connectivity index (χ2n) is 8.09. The van der Waals surface area contributed by atoms with Crippen LogP contribution in [0.5, 0.6) is 11.5 Å². The number of hydrogen-bond acceptors (Lipinski definition) is 6. The van der Waals surface area contributed by atoms with Crippen LogP contribution in [0.25, 0.3) is 11.3 Å². The Balaban J connectivity index is 1.55. The van der Waals surface area contributed by atoms with Crippen LogP contribution in [-0.4, -0.2) is 30.5 Å². The van der Waals surface area contributed by atoms with Gasteiger partial charge in [-0.05, 0) is 68.4 Å². The van der Waals surface area contributed by atoms with Crippen molar-refractivity contribution in [2.24, 2.45) is 0 Å². The van der Waals surface area contributed by atoms with E-state index in [-0.39, 0.29) is 17.4 Å². The minimum atomic E-state index is -4.60. The molecule has 0 bridgehead atoms. The highest BCUT2D eigenvalue weighted by Crippen LogP contribution is 2.36. The monoisotopic (exact) mass is 473 g/mol. The second kappa shape index (κ2) is 9.08. The van der Waals surface area contributed by atoms with Crippen LogP contribution in [-0.2, 0) is 20.4 Å². The number of esters is 1. The molecule has 1 aromatic heterocycles. The largest absolute Gasteiger partial charge is 0.465 e. The summed E-state index contributed by atoms with van der Waals surface area (Å²) in [6.07, 6.45) is -4.87. The first kappa shape index (κ1) is 23.7. The van der Waals surface area contributed by atoms with E-state index in [1.807, 2.05) is 32.0 Å². The number of aromatic nitrogens is 1. The number of nitrogens with zero attached hydrogens (tertiary/aromatic N) is 1. The van der Waals surface area contributed by atoms with Crippen molar-refractivity contribution in [3.8, 4) is 22.8 Å². The van der Waals surface area contributed by atoms with Crippen molar-refractivity contribution in [1.82, 2.24) is 4.98 Å². The Morgan fingerprint density at radius 2 is 1.82 bits per heavy atom. The lowest BCUT2D eigenvalue weighted by atomic mass is 10.1. The molecule has 2 aromatic carbocycles. The fraction of sp³-hybridized carbons (Fsp3) is 0.280. The Bertz CT molecular complexity index is 1190. The van der Waals surface area contributed by atoms with Crippen LogP contribution in [0.4, 0.5) is 13.2 Å². The predicted molar refractivity (Wildman–Crippen MR) is 116 cm³/mol. The van der Waals surface area contributed by atoms with Gasteiger partial charge in [-0.2, -0.15) is 13.2 Å². The molecule has 9 heteroatoms. The van der Waals surface area contributed by atoms with Gasteiger partial charge in [-0.15, -0.1) is 0 Å². The molecule has 1 aliphatic heterocycles. The van der Waals surface area contributed by atoms with Crippen LogP contribution in [0.15, 0.2) is 60.7 Å². The third-order valence-corrected chi connectivity index (χ3v) is 5.20. The SMILES string of the molecule is COC(=O)c1cc(C(F)(F)F)ccc1Oc1ccc(-c2cccc([C@H]3COC(C)(C)O3)n2)cc1. The van der Waals surface area contributed by atoms with Gasteiger partial charge in [0.05, 0.1) is 30.7 Å². The zero-order valence-electron chi connectivity index (χ0n) is 18.7. The number of rotatable bonds is 5. The van der Waals surface area contributed by atoms with Crippen molar-refractivity contribution in [3.63, 3.8) is 0 Å². The zero-order chi connectivity index (χ0) is 24.5. The molecule has 2 heterocycles. The molecule has 0 N–H and O–H groups in total. The smallest absolute Gasteiger partial charge is 0.416 e. The van der Waals surface area contributed by atoms with E-state index in [1.54, 1.807) is 24.3 Å². The summed E-state index contributed by atoms with van der Waals surface area (Å²) in [5.41, 5.74) is 0.963. The van der Waals surface area contributed by atoms with Gasteiger partial charge in [0.25, 0.3) is 0 Å². The van der Waals surface area contributed by atoms with Crippen LogP contribution in [0, 0.1) is 0 Å². The third-order valence-electron chi connectivity index (χ3n) is 5.20. The molecule has 4 rings (SSSR count). The fourth-order valence-corrected chi connectivity index (χ4v) is 3.51. The van der Waals surface area contributed by atoms with Crippen molar-refractivity contribution in [2.75, 3.05) is 13.7 Å². The maximum Gasteiger partial charge on any atom is 0.416 e. The van der Waals surface area contributed by atoms with Crippen molar-refractivity contribution >= 4 is 5.97 Å². The number of methoxy groups -OCH3 is 1. The minimum Gasteiger partial charge on any atom is -0.465 e. The topological polar surface area (TPSA) is 66.9 Å². The standard InChI is InChI=1S/C25H22F3NO5/c1-24(2)32-14-22(34-24)20-6-4-5-19(29-20)15-7-10-17(11-8-15)33-21-12-9-16(25(26,27)28)13-18(21)23(30)31-3/h4-13,22H,14H2,1-3H3/t22-/m1/s1. The number of pyridine rings is 1. The minimum absolute atomic E-state index is 0.0475. The molecule has 0 radical (unpaired) electrons. The molecule has 6 nitrogen and oxygen atoms in total. The summed E-state index contributed by atoms with van der Waals surface area (Å²) in [4.78, 5) is 16.7. The van der Waals surface area contributed by atoms with Gasteiger partial charge in [0.15, 0.2) is 5.79 Å². The Morgan fingerprint density at radius 1 is 1.09 bits per heavy atom. The van der Waals surface area contributed by atoms with Crippen LogP contribution in [0.1, 0.15) is 41.6 Å². The van der Waals surface area contributed by atoms with Crippen molar-refractivity contribution in [3.05, 3.63) is 77.5 Å². The van der Waals surface area contributed by atoms with Crippen LogP contribution < -0.4 is 4.74 Å². The summed E-state index contributed by atoms with van der Waals surface area (Å²) in [6.45, 7) is 4.10. The highest BCUT2D eigenvalue weighted by Gasteiger charge is 2.34. The van der Waals surface area contributed by atoms with Gasteiger partial charge in [-0.25, -0.2) is 9.78 Å². The quantitative estimate of drug-likeness (QED) is 0.413. The Kier molecular flexibility index (Phi) is 6.33. The highest BCUT2D eigenvalue weighted by molar-refractivity contribution is 5.92. The number of carbonyl (C=O) groups excluding carboxylic acids is 1. The molecule has 0 aliphatic carbocycles. The lowest BCUT2D eigenvalue weighted by Gasteiger charge is -2.17. The van der Waals surface area contributed by atoms with E-state index in [0.717, 1.165) is 30.5 Å². The summed E-state index contributed by atoms with van der Waals surface area (Å²) < 4.78 is 60.9. The van der Waals surface area contributed by atoms with E-state index < -0.39 is 23.5 Å². The van der Waals surface area contributed by atoms with Gasteiger partial charge in [-0.1, -0.05) is 6.07 Å². The molecule has 0 spiro atoms. The molecule has 1 saturated heterocycles. The molecule has 178 valence electrons. The average Bonchev–Trinajstić information content (AvgIpc) is 3.18. The molecule has 3 aromatic rings. The summed E-state index contributed by atoms with van der Waals surface area (Å²) in [6, 6.07) is 15.1. The van der Waals surface area contributed by atoms with Gasteiger partial charge >= 0.3 is 12.1 Å². The van der Waals surface area contributed by atoms with Gasteiger partial charge < -0.3 is 18.9 Å². The lowest BCUT2D eigenvalue weighted by Crippen LogP contribution is -2.19. The Hall–Kier alpha value is -3.43. The van der Waals surface area contributed by atoms with Crippen molar-refractivity contribution in [2.45, 2.75) is 31.9 Å². The number of halogens is 3. The molecule has 1 atom stereocenters. The van der Waals surface area contributed by atoms with E-state index in [4.69, 9.17) is 14.2 Å². The normalized spacial score (nSPS) is 17.4. The van der Waals surface area contributed by atoms with E-state index >= 15 is 0 Å². The van der Waals surface area contributed by atoms with Crippen LogP contribution in [0.2, 0.25) is 0 Å². The van der Waals surface area contributed by atoms with E-state index in [2.05, 4.69) is 9.72 Å². The first-order chi connectivity index (χ1) is 16.1. The molecule has 1 fully saturated rings. The number of carbonyl (C=O) groups is 1. The molecular weight excluding hydrogens is 451 g/mol. The van der Waals surface area contributed by atoms with E-state index in [9.17, 15) is 18.0 Å². The predicted octanol–water partition coefficient (Wildman–Crippen LogP) is 6.17. The molecule has 1 aliphatic rings. The maximum absolute atomic E-state index is 13.1. The molecule has 0 unspecified atom stereocenters. The number of alkyl halides is 3. The van der Waals surface area contributed by atoms with Crippen LogP contribution >= 0.6 is 0 Å². The van der Waals surface area contributed by atoms with E-state index in [0.29, 0.717) is 24.1 Å². The third kappa shape index (κ3) is 5.21. The average molecular weight is 473 g/mol. The molecule has 0 saturated carbocycles. The molecular formula is C25H22F3NO5. The summed E-state index contributed by atoms with van der Waals surface area (Å²) in [5, 5.41) is 0. The van der Waals surface area contributed by atoms with Crippen molar-refractivity contribution in [1.29, 1.82) is 0 Å². The fourth-order valence-electron chi connectivity index (χ4n) is 3.51. The van der Waals surface area contributed by atoms with Crippen molar-refractivity contribution < 1.29 is 36.9 Å². The maximum atomic E-state index is 13.1. The summed E-state index contributed by atoms with van der Waals surface area (Å²) in [7, 11) is 1.09. The number of benzene rings is 2. The van der Waals surface area contributed by atoms with Gasteiger partial charge in [0, 0.05) is 5.56 Å². The molecule has 0 amide bonds. The van der Waals surface area contributed by atoms with E-state index in [1.165, 1.54) is 0 Å². The number of ether oxygens (including phenoxy) is 4. The van der Waals surface area contributed by atoms with Crippen LogP contribution in [0.3, 0.4) is 0 Å². The van der Waals surface area contributed by atoms with Gasteiger partial charge in [0.2, 0.25) is 0 Å². The van der Waals surface area contributed by atoms with Gasteiger partial charge in [-0.3, -0.25) is 0 Å². The summed E-state index contributed by atoms with van der Waals surface area (Å²) >= 11 is 0. The Labute approximate surface area is 194 Å². The highest BCUT2D eigenvalue weighted by atomic mass is 19.4. The number of hydrogen-bond donors (Lipinski definition) is 0. The Morgan fingerprint density at radius 3 is 2.44 bits per heavy atom. The second-order valence-corrected chi connectivity index (χ2v) is 8.09. The first-order valence-electron chi connectivity index (χ1n) is 10.4. The van der Waals surface area contributed by atoms with Gasteiger partial charge in [0.1, 0.15) is 23.2 Å².